The normalized spacial score (nSPS) is 12.8. The van der Waals surface area contributed by atoms with Gasteiger partial charge < -0.3 is 40.6 Å². The molecule has 0 aliphatic heterocycles. The van der Waals surface area contributed by atoms with E-state index in [2.05, 4.69) is 109 Å². The van der Waals surface area contributed by atoms with Crippen molar-refractivity contribution in [2.45, 2.75) is 6.92 Å². The van der Waals surface area contributed by atoms with Crippen LogP contribution >= 0.6 is 7.26 Å². The van der Waals surface area contributed by atoms with Gasteiger partial charge in [-0.05, 0) is 65.8 Å². The number of nitrogens with zero attached hydrogens (tertiary/aromatic N) is 5. The molecule has 1 radical (unpaired) electrons. The predicted octanol–water partition coefficient (Wildman–Crippen LogP) is 3.74. The van der Waals surface area contributed by atoms with Crippen LogP contribution in [0.4, 0.5) is 0 Å². The first-order valence-corrected chi connectivity index (χ1v) is 16.4. The second kappa shape index (κ2) is 18.3. The molecule has 0 bridgehead atoms. The molecule has 4 aromatic rings. The Bertz CT molecular complexity index is 1460. The van der Waals surface area contributed by atoms with E-state index in [4.69, 9.17) is 30.0 Å². The smallest absolute Gasteiger partial charge is 0.741 e. The molecule has 0 amide bonds. The summed E-state index contributed by atoms with van der Waals surface area (Å²) in [6, 6.07) is 35.6. The van der Waals surface area contributed by atoms with E-state index in [1.807, 2.05) is 30.3 Å². The van der Waals surface area contributed by atoms with E-state index in [0.29, 0.717) is 30.9 Å². The van der Waals surface area contributed by atoms with Gasteiger partial charge in [0.25, 0.3) is 0 Å². The summed E-state index contributed by atoms with van der Waals surface area (Å²) in [6.07, 6.45) is 3.91. The van der Waals surface area contributed by atoms with Crippen molar-refractivity contribution in [2.75, 3.05) is 26.5 Å². The topological polar surface area (TPSA) is 95.6 Å². The number of rotatable bonds is 12. The molecular weight excluding hydrogens is 657 g/mol. The Kier molecular flexibility index (Phi) is 14.5. The van der Waals surface area contributed by atoms with Gasteiger partial charge in [0.15, 0.2) is 6.35 Å². The van der Waals surface area contributed by atoms with Crippen molar-refractivity contribution >= 4 is 70.2 Å². The fraction of sp³-hybridized carbons (Fsp3) is 0.156. The molecule has 0 aliphatic rings. The van der Waals surface area contributed by atoms with E-state index in [-0.39, 0.29) is 27.4 Å². The molecule has 1 heterocycles. The Morgan fingerprint density at radius 1 is 0.750 bits per heavy atom. The minimum Gasteiger partial charge on any atom is -0.741 e. The third-order valence-electron chi connectivity index (χ3n) is 6.42. The van der Waals surface area contributed by atoms with Gasteiger partial charge in [-0.2, -0.15) is 15.3 Å². The van der Waals surface area contributed by atoms with E-state index in [1.54, 1.807) is 26.4 Å². The first-order chi connectivity index (χ1) is 21.0. The SMILES string of the molecule is CN/C([S-])=N/N=C(/C(C)=N/N=C(\[S-])NCCOC[P+](c1ccccc1)(c1ccccc1)c1ccccc1)c1cccnc1.[Cu+2]. The van der Waals surface area contributed by atoms with Crippen LogP contribution < -0.4 is 26.5 Å². The second-order valence-corrected chi connectivity index (χ2v) is 13.4. The number of hydrogen-bond donors (Lipinski definition) is 2. The monoisotopic (exact) mass is 689 g/mol. The fourth-order valence-corrected chi connectivity index (χ4v) is 8.31. The predicted molar refractivity (Wildman–Crippen MR) is 187 cm³/mol. The van der Waals surface area contributed by atoms with E-state index in [1.165, 1.54) is 15.9 Å². The van der Waals surface area contributed by atoms with Crippen LogP contribution in [0.2, 0.25) is 0 Å². The van der Waals surface area contributed by atoms with Gasteiger partial charge in [-0.25, -0.2) is 0 Å². The van der Waals surface area contributed by atoms with Crippen molar-refractivity contribution in [1.82, 2.24) is 15.6 Å². The molecular formula is C32H33CuN7OPS2+. The molecule has 8 nitrogen and oxygen atoms in total. The van der Waals surface area contributed by atoms with Gasteiger partial charge in [-0.15, -0.1) is 5.10 Å². The standard InChI is InChI=1S/C32H34N7OPS2.Cu/c1-25(30(37-38-31(42)33-2)26-13-12-20-34-23-26)36-39-32(43)35-21-22-40-24-41(27-14-6-3-7-15-27,28-16-8-4-9-17-28)29-18-10-5-11-19-29;/h3-20,23H,21-22,24H2,1-2H3,(H3-,33,35,36,37,38,39,42,43);/q;+2/p-1. The van der Waals surface area contributed by atoms with Gasteiger partial charge in [0.1, 0.15) is 28.9 Å². The van der Waals surface area contributed by atoms with Crippen molar-refractivity contribution in [3.05, 3.63) is 121 Å². The summed E-state index contributed by atoms with van der Waals surface area (Å²) >= 11 is 10.5. The molecule has 0 saturated heterocycles. The van der Waals surface area contributed by atoms with E-state index in [9.17, 15) is 0 Å². The third-order valence-corrected chi connectivity index (χ3v) is 11.0. The number of benzene rings is 3. The van der Waals surface area contributed by atoms with Crippen molar-refractivity contribution in [3.63, 3.8) is 0 Å². The Hall–Kier alpha value is -3.56. The molecule has 0 atom stereocenters. The molecule has 0 spiro atoms. The van der Waals surface area contributed by atoms with Crippen LogP contribution in [0, 0.1) is 0 Å². The molecule has 0 saturated carbocycles. The number of pyridine rings is 1. The quantitative estimate of drug-likeness (QED) is 0.0448. The van der Waals surface area contributed by atoms with E-state index >= 15 is 0 Å². The maximum Gasteiger partial charge on any atom is 2.00 e. The Morgan fingerprint density at radius 2 is 1.30 bits per heavy atom. The average molecular weight is 690 g/mol. The van der Waals surface area contributed by atoms with Crippen LogP contribution in [0.3, 0.4) is 0 Å². The zero-order chi connectivity index (χ0) is 30.3. The molecule has 2 N–H and O–H groups in total. The van der Waals surface area contributed by atoms with Crippen molar-refractivity contribution in [1.29, 1.82) is 0 Å². The number of nitrogens with one attached hydrogen (secondary N) is 2. The fourth-order valence-electron chi connectivity index (χ4n) is 4.34. The van der Waals surface area contributed by atoms with Gasteiger partial charge in [0.05, 0.1) is 12.3 Å². The maximum atomic E-state index is 6.39. The Balaban J connectivity index is 0.00000529. The number of amidine groups is 2. The van der Waals surface area contributed by atoms with Crippen LogP contribution in [-0.4, -0.2) is 53.3 Å². The summed E-state index contributed by atoms with van der Waals surface area (Å²) in [5, 5.41) is 26.9. The summed E-state index contributed by atoms with van der Waals surface area (Å²) in [6.45, 7) is 2.69. The molecule has 4 rings (SSSR count). The van der Waals surface area contributed by atoms with Gasteiger partial charge in [0, 0.05) is 31.5 Å². The molecule has 0 fully saturated rings. The molecule has 12 heteroatoms. The van der Waals surface area contributed by atoms with Crippen LogP contribution in [0.5, 0.6) is 0 Å². The molecule has 229 valence electrons. The third kappa shape index (κ3) is 9.47. The first-order valence-electron chi connectivity index (χ1n) is 13.6. The number of ether oxygens (including phenoxy) is 1. The minimum atomic E-state index is -2.07. The summed E-state index contributed by atoms with van der Waals surface area (Å²) in [7, 11) is -0.386. The molecule has 1 aromatic heterocycles. The summed E-state index contributed by atoms with van der Waals surface area (Å²) in [4.78, 5) is 4.16. The second-order valence-electron chi connectivity index (χ2n) is 9.22. The van der Waals surface area contributed by atoms with Crippen LogP contribution in [-0.2, 0) is 47.1 Å². The van der Waals surface area contributed by atoms with E-state index < -0.39 is 7.26 Å². The molecule has 0 unspecified atom stereocenters. The molecule has 3 aromatic carbocycles. The van der Waals surface area contributed by atoms with Gasteiger partial charge in [0.2, 0.25) is 0 Å². The summed E-state index contributed by atoms with van der Waals surface area (Å²) in [5.74, 6) is 0. The van der Waals surface area contributed by atoms with Gasteiger partial charge in [-0.3, -0.25) is 4.98 Å². The van der Waals surface area contributed by atoms with Gasteiger partial charge in [-0.1, -0.05) is 54.6 Å². The zero-order valence-electron chi connectivity index (χ0n) is 24.3. The van der Waals surface area contributed by atoms with Crippen molar-refractivity contribution in [3.8, 4) is 0 Å². The maximum absolute atomic E-state index is 6.39. The average Bonchev–Trinajstić information content (AvgIpc) is 3.07. The Morgan fingerprint density at radius 3 is 1.80 bits per heavy atom. The number of aromatic nitrogens is 1. The minimum absolute atomic E-state index is 0. The van der Waals surface area contributed by atoms with Crippen LogP contribution in [0.25, 0.3) is 0 Å². The van der Waals surface area contributed by atoms with Crippen LogP contribution in [0.15, 0.2) is 136 Å². The summed E-state index contributed by atoms with van der Waals surface area (Å²) < 4.78 is 6.39. The largest absolute Gasteiger partial charge is 2.00 e. The molecule has 44 heavy (non-hydrogen) atoms. The van der Waals surface area contributed by atoms with Crippen molar-refractivity contribution in [2.24, 2.45) is 20.4 Å². The zero-order valence-corrected chi connectivity index (χ0v) is 27.8. The van der Waals surface area contributed by atoms with E-state index in [0.717, 1.165) is 5.56 Å². The molecule has 0 aliphatic carbocycles. The van der Waals surface area contributed by atoms with Gasteiger partial charge >= 0.3 is 17.1 Å². The van der Waals surface area contributed by atoms with Crippen molar-refractivity contribution < 1.29 is 21.8 Å². The summed E-state index contributed by atoms with van der Waals surface area (Å²) in [5.41, 5.74) is 1.73. The number of hydrogen-bond acceptors (Lipinski definition) is 8. The van der Waals surface area contributed by atoms with Crippen LogP contribution in [0.1, 0.15) is 12.5 Å². The Labute approximate surface area is 281 Å². The first kappa shape index (κ1) is 34.9.